The van der Waals surface area contributed by atoms with E-state index >= 15 is 0 Å². The summed E-state index contributed by atoms with van der Waals surface area (Å²) in [6.07, 6.45) is 4.55. The third-order valence-electron chi connectivity index (χ3n) is 3.57. The minimum atomic E-state index is -0.0531. The fourth-order valence-electron chi connectivity index (χ4n) is 2.36. The van der Waals surface area contributed by atoms with Gasteiger partial charge in [0.1, 0.15) is 0 Å². The van der Waals surface area contributed by atoms with Gasteiger partial charge in [-0.3, -0.25) is 0 Å². The van der Waals surface area contributed by atoms with Crippen molar-refractivity contribution in [2.75, 3.05) is 18.4 Å². The highest BCUT2D eigenvalue weighted by Crippen LogP contribution is 2.14. The maximum absolute atomic E-state index is 12.2. The molecule has 2 N–H and O–H groups in total. The lowest BCUT2D eigenvalue weighted by molar-refractivity contribution is 0.214. The normalized spacial score (nSPS) is 16.6. The van der Waals surface area contributed by atoms with Gasteiger partial charge < -0.3 is 15.4 Å². The van der Waals surface area contributed by atoms with Gasteiger partial charge in [-0.25, -0.2) is 4.79 Å². The van der Waals surface area contributed by atoms with Crippen LogP contribution in [0.5, 0.6) is 0 Å². The molecule has 20 heavy (non-hydrogen) atoms. The Morgan fingerprint density at radius 2 is 1.95 bits per heavy atom. The molecule has 0 radical (unpaired) electrons. The van der Waals surface area contributed by atoms with E-state index in [-0.39, 0.29) is 6.03 Å². The Morgan fingerprint density at radius 1 is 1.25 bits per heavy atom. The molecular formula is C15H21N3O2. The molecule has 0 bridgehead atoms. The third-order valence-corrected chi connectivity index (χ3v) is 3.57. The van der Waals surface area contributed by atoms with Gasteiger partial charge in [-0.2, -0.15) is 0 Å². The van der Waals surface area contributed by atoms with E-state index in [1.807, 2.05) is 29.2 Å². The Bertz CT molecular complexity index is 492. The average Bonchev–Trinajstić information content (AvgIpc) is 2.76. The summed E-state index contributed by atoms with van der Waals surface area (Å²) in [7, 11) is 0. The molecule has 2 amide bonds. The number of nitrogens with one attached hydrogen (secondary N) is 1. The molecule has 0 unspecified atom stereocenters. The number of rotatable bonds is 2. The zero-order chi connectivity index (χ0) is 14.4. The maximum Gasteiger partial charge on any atom is 0.321 e. The summed E-state index contributed by atoms with van der Waals surface area (Å²) >= 11 is 0. The largest absolute Gasteiger partial charge is 0.411 e. The van der Waals surface area contributed by atoms with E-state index in [1.54, 1.807) is 6.92 Å². The molecule has 5 heteroatoms. The fourth-order valence-corrected chi connectivity index (χ4v) is 2.36. The first-order valence-electron chi connectivity index (χ1n) is 7.06. The van der Waals surface area contributed by atoms with Crippen LogP contribution in [0.1, 0.15) is 38.2 Å². The molecule has 2 rings (SSSR count). The molecule has 1 aromatic carbocycles. The smallest absolute Gasteiger partial charge is 0.321 e. The van der Waals surface area contributed by atoms with Crippen molar-refractivity contribution in [3.63, 3.8) is 0 Å². The van der Waals surface area contributed by atoms with Crippen molar-refractivity contribution in [3.8, 4) is 0 Å². The minimum Gasteiger partial charge on any atom is -0.411 e. The first-order chi connectivity index (χ1) is 9.70. The summed E-state index contributed by atoms with van der Waals surface area (Å²) in [5.74, 6) is 0. The zero-order valence-corrected chi connectivity index (χ0v) is 11.8. The van der Waals surface area contributed by atoms with Gasteiger partial charge in [-0.15, -0.1) is 0 Å². The molecule has 5 nitrogen and oxygen atoms in total. The number of amides is 2. The van der Waals surface area contributed by atoms with Gasteiger partial charge in [0.2, 0.25) is 0 Å². The predicted molar refractivity (Wildman–Crippen MR) is 79.5 cm³/mol. The average molecular weight is 275 g/mol. The van der Waals surface area contributed by atoms with Crippen molar-refractivity contribution in [3.05, 3.63) is 29.8 Å². The number of oxime groups is 1. The molecule has 108 valence electrons. The van der Waals surface area contributed by atoms with E-state index in [9.17, 15) is 4.79 Å². The lowest BCUT2D eigenvalue weighted by Gasteiger charge is -2.20. The summed E-state index contributed by atoms with van der Waals surface area (Å²) < 4.78 is 0. The van der Waals surface area contributed by atoms with Crippen molar-refractivity contribution < 1.29 is 10.0 Å². The maximum atomic E-state index is 12.2. The summed E-state index contributed by atoms with van der Waals surface area (Å²) in [5, 5.41) is 14.9. The van der Waals surface area contributed by atoms with E-state index in [1.165, 1.54) is 12.8 Å². The van der Waals surface area contributed by atoms with Gasteiger partial charge in [0.25, 0.3) is 0 Å². The summed E-state index contributed by atoms with van der Waals surface area (Å²) in [4.78, 5) is 14.1. The second kappa shape index (κ2) is 6.93. The number of benzene rings is 1. The van der Waals surface area contributed by atoms with Gasteiger partial charge in [0.15, 0.2) is 0 Å². The number of anilines is 1. The molecule has 0 saturated carbocycles. The first kappa shape index (κ1) is 14.4. The van der Waals surface area contributed by atoms with E-state index in [4.69, 9.17) is 5.21 Å². The van der Waals surface area contributed by atoms with Gasteiger partial charge in [0, 0.05) is 24.3 Å². The summed E-state index contributed by atoms with van der Waals surface area (Å²) in [6.45, 7) is 3.36. The number of hydrogen-bond donors (Lipinski definition) is 2. The number of carbonyl (C=O) groups excluding carboxylic acids is 1. The molecule has 0 aliphatic carbocycles. The predicted octanol–water partition coefficient (Wildman–Crippen LogP) is 3.29. The van der Waals surface area contributed by atoms with Crippen LogP contribution in [0, 0.1) is 0 Å². The summed E-state index contributed by atoms with van der Waals surface area (Å²) in [6, 6.07) is 7.27. The van der Waals surface area contributed by atoms with Crippen LogP contribution in [0.25, 0.3) is 0 Å². The van der Waals surface area contributed by atoms with Gasteiger partial charge in [0.05, 0.1) is 5.71 Å². The zero-order valence-electron chi connectivity index (χ0n) is 11.8. The Hall–Kier alpha value is -2.04. The number of urea groups is 1. The van der Waals surface area contributed by atoms with Gasteiger partial charge >= 0.3 is 6.03 Å². The van der Waals surface area contributed by atoms with Crippen LogP contribution in [0.3, 0.4) is 0 Å². The fraction of sp³-hybridized carbons (Fsp3) is 0.467. The standard InChI is InChI=1S/C15H21N3O2/c1-12(17-20)13-7-6-8-14(11-13)16-15(19)18-9-4-2-3-5-10-18/h6-8,11,20H,2-5,9-10H2,1H3,(H,16,19). The number of carbonyl (C=O) groups is 1. The van der Waals surface area contributed by atoms with Crippen LogP contribution < -0.4 is 5.32 Å². The molecular weight excluding hydrogens is 254 g/mol. The molecule has 1 aromatic rings. The highest BCUT2D eigenvalue weighted by atomic mass is 16.4. The minimum absolute atomic E-state index is 0.0531. The summed E-state index contributed by atoms with van der Waals surface area (Å²) in [5.41, 5.74) is 2.04. The van der Waals surface area contributed by atoms with Crippen molar-refractivity contribution >= 4 is 17.4 Å². The lowest BCUT2D eigenvalue weighted by Crippen LogP contribution is -2.35. The Labute approximate surface area is 119 Å². The van der Waals surface area contributed by atoms with Crippen molar-refractivity contribution in [2.45, 2.75) is 32.6 Å². The van der Waals surface area contributed by atoms with Gasteiger partial charge in [-0.05, 0) is 31.9 Å². The quantitative estimate of drug-likeness (QED) is 0.494. The Balaban J connectivity index is 2.03. The second-order valence-corrected chi connectivity index (χ2v) is 5.10. The molecule has 1 aliphatic heterocycles. The highest BCUT2D eigenvalue weighted by Gasteiger charge is 2.15. The topological polar surface area (TPSA) is 64.9 Å². The van der Waals surface area contributed by atoms with Crippen LogP contribution in [-0.4, -0.2) is 34.9 Å². The molecule has 0 aromatic heterocycles. The van der Waals surface area contributed by atoms with Crippen molar-refractivity contribution in [1.29, 1.82) is 0 Å². The Morgan fingerprint density at radius 3 is 2.60 bits per heavy atom. The van der Waals surface area contributed by atoms with E-state index in [0.29, 0.717) is 5.71 Å². The number of hydrogen-bond acceptors (Lipinski definition) is 3. The molecule has 1 aliphatic rings. The number of nitrogens with zero attached hydrogens (tertiary/aromatic N) is 2. The molecule has 1 saturated heterocycles. The lowest BCUT2D eigenvalue weighted by atomic mass is 10.1. The van der Waals surface area contributed by atoms with Crippen LogP contribution in [0.15, 0.2) is 29.4 Å². The Kier molecular flexibility index (Phi) is 4.98. The van der Waals surface area contributed by atoms with E-state index < -0.39 is 0 Å². The number of likely N-dealkylation sites (tertiary alicyclic amines) is 1. The third kappa shape index (κ3) is 3.73. The van der Waals surface area contributed by atoms with E-state index in [0.717, 1.165) is 37.2 Å². The van der Waals surface area contributed by atoms with Crippen LogP contribution >= 0.6 is 0 Å². The highest BCUT2D eigenvalue weighted by molar-refractivity contribution is 6.00. The van der Waals surface area contributed by atoms with Crippen LogP contribution in [0.4, 0.5) is 10.5 Å². The molecule has 0 spiro atoms. The van der Waals surface area contributed by atoms with Crippen LogP contribution in [0.2, 0.25) is 0 Å². The SMILES string of the molecule is CC(=NO)c1cccc(NC(=O)N2CCCCCC2)c1. The molecule has 1 heterocycles. The van der Waals surface area contributed by atoms with Gasteiger partial charge in [-0.1, -0.05) is 30.1 Å². The monoisotopic (exact) mass is 275 g/mol. The van der Waals surface area contributed by atoms with Crippen molar-refractivity contribution in [2.24, 2.45) is 5.16 Å². The molecule has 0 atom stereocenters. The first-order valence-corrected chi connectivity index (χ1v) is 7.06. The van der Waals surface area contributed by atoms with Crippen molar-refractivity contribution in [1.82, 2.24) is 4.90 Å². The van der Waals surface area contributed by atoms with E-state index in [2.05, 4.69) is 10.5 Å². The molecule has 1 fully saturated rings. The second-order valence-electron chi connectivity index (χ2n) is 5.10. The van der Waals surface area contributed by atoms with Crippen LogP contribution in [-0.2, 0) is 0 Å².